The largest absolute Gasteiger partial charge is 0.469 e. The summed E-state index contributed by atoms with van der Waals surface area (Å²) < 4.78 is 9.18. The Hall–Kier alpha value is -2.10. The van der Waals surface area contributed by atoms with Crippen LogP contribution in [-0.2, 0) is 19.1 Å². The zero-order chi connectivity index (χ0) is 13.5. The Morgan fingerprint density at radius 1 is 1.11 bits per heavy atom. The first kappa shape index (κ1) is 14.0. The molecule has 96 valence electrons. The zero-order valence-electron chi connectivity index (χ0n) is 10.7. The van der Waals surface area contributed by atoms with Gasteiger partial charge in [0.15, 0.2) is 0 Å². The molecule has 4 heteroatoms. The van der Waals surface area contributed by atoms with Gasteiger partial charge in [0.05, 0.1) is 20.6 Å². The van der Waals surface area contributed by atoms with Gasteiger partial charge < -0.3 is 9.47 Å². The van der Waals surface area contributed by atoms with Gasteiger partial charge in [-0.1, -0.05) is 29.8 Å². The van der Waals surface area contributed by atoms with E-state index in [-0.39, 0.29) is 12.0 Å². The molecule has 0 radical (unpaired) electrons. The number of carbonyl (C=O) groups excluding carboxylic acids is 2. The maximum atomic E-state index is 11.5. The summed E-state index contributed by atoms with van der Waals surface area (Å²) in [5.41, 5.74) is 2.23. The second-order valence-corrected chi connectivity index (χ2v) is 3.82. The first-order valence-corrected chi connectivity index (χ1v) is 5.49. The fraction of sp³-hybridized carbons (Fsp3) is 0.286. The molecule has 18 heavy (non-hydrogen) atoms. The average molecular weight is 248 g/mol. The SMILES string of the molecule is COC(=O)CC(=Cc1ccc(C)cc1)C(=O)OC. The molecule has 0 bridgehead atoms. The molecular formula is C14H16O4. The van der Waals surface area contributed by atoms with Crippen molar-refractivity contribution in [1.82, 2.24) is 0 Å². The molecule has 0 aliphatic carbocycles. The molecule has 0 aliphatic rings. The van der Waals surface area contributed by atoms with Crippen LogP contribution in [0.1, 0.15) is 17.5 Å². The van der Waals surface area contributed by atoms with Crippen LogP contribution in [0, 0.1) is 6.92 Å². The molecule has 0 aromatic heterocycles. The molecule has 0 saturated heterocycles. The molecule has 0 saturated carbocycles. The number of aryl methyl sites for hydroxylation is 1. The van der Waals surface area contributed by atoms with E-state index in [9.17, 15) is 9.59 Å². The molecule has 0 atom stereocenters. The van der Waals surface area contributed by atoms with Gasteiger partial charge in [-0.3, -0.25) is 4.79 Å². The summed E-state index contributed by atoms with van der Waals surface area (Å²) in [5, 5.41) is 0. The van der Waals surface area contributed by atoms with Crippen LogP contribution in [0.25, 0.3) is 6.08 Å². The Morgan fingerprint density at radius 2 is 1.72 bits per heavy atom. The van der Waals surface area contributed by atoms with Crippen molar-refractivity contribution in [1.29, 1.82) is 0 Å². The topological polar surface area (TPSA) is 52.6 Å². The van der Waals surface area contributed by atoms with Crippen molar-refractivity contribution in [3.8, 4) is 0 Å². The summed E-state index contributed by atoms with van der Waals surface area (Å²) in [6, 6.07) is 7.60. The summed E-state index contributed by atoms with van der Waals surface area (Å²) >= 11 is 0. The Morgan fingerprint density at radius 3 is 2.22 bits per heavy atom. The molecule has 0 fully saturated rings. The van der Waals surface area contributed by atoms with Crippen LogP contribution in [0.15, 0.2) is 29.8 Å². The van der Waals surface area contributed by atoms with Gasteiger partial charge in [-0.15, -0.1) is 0 Å². The Labute approximate surface area is 106 Å². The van der Waals surface area contributed by atoms with E-state index >= 15 is 0 Å². The first-order chi connectivity index (χ1) is 8.56. The van der Waals surface area contributed by atoms with Crippen molar-refractivity contribution in [3.63, 3.8) is 0 Å². The van der Waals surface area contributed by atoms with E-state index in [4.69, 9.17) is 0 Å². The highest BCUT2D eigenvalue weighted by Crippen LogP contribution is 2.13. The second-order valence-electron chi connectivity index (χ2n) is 3.82. The molecular weight excluding hydrogens is 232 g/mol. The predicted molar refractivity (Wildman–Crippen MR) is 67.8 cm³/mol. The highest BCUT2D eigenvalue weighted by Gasteiger charge is 2.14. The Balaban J connectivity index is 2.98. The predicted octanol–water partition coefficient (Wildman–Crippen LogP) is 2.11. The fourth-order valence-electron chi connectivity index (χ4n) is 1.40. The summed E-state index contributed by atoms with van der Waals surface area (Å²) in [6.07, 6.45) is 1.53. The van der Waals surface area contributed by atoms with E-state index in [0.29, 0.717) is 0 Å². The van der Waals surface area contributed by atoms with Gasteiger partial charge in [0, 0.05) is 5.57 Å². The van der Waals surface area contributed by atoms with E-state index in [0.717, 1.165) is 11.1 Å². The van der Waals surface area contributed by atoms with E-state index in [1.165, 1.54) is 14.2 Å². The van der Waals surface area contributed by atoms with Gasteiger partial charge >= 0.3 is 11.9 Å². The minimum Gasteiger partial charge on any atom is -0.469 e. The molecule has 4 nitrogen and oxygen atoms in total. The molecule has 1 rings (SSSR count). The summed E-state index contributed by atoms with van der Waals surface area (Å²) in [5.74, 6) is -1.00. The van der Waals surface area contributed by atoms with Crippen molar-refractivity contribution < 1.29 is 19.1 Å². The molecule has 0 amide bonds. The third kappa shape index (κ3) is 4.05. The highest BCUT2D eigenvalue weighted by atomic mass is 16.5. The molecule has 1 aromatic carbocycles. The summed E-state index contributed by atoms with van der Waals surface area (Å²) in [7, 11) is 2.56. The molecule has 0 spiro atoms. The standard InChI is InChI=1S/C14H16O4/c1-10-4-6-11(7-5-10)8-12(14(16)18-3)9-13(15)17-2/h4-8H,9H2,1-3H3. The smallest absolute Gasteiger partial charge is 0.334 e. The van der Waals surface area contributed by atoms with Crippen LogP contribution in [0.4, 0.5) is 0 Å². The number of methoxy groups -OCH3 is 2. The van der Waals surface area contributed by atoms with Gasteiger partial charge in [0.2, 0.25) is 0 Å². The van der Waals surface area contributed by atoms with E-state index < -0.39 is 11.9 Å². The van der Waals surface area contributed by atoms with E-state index in [1.807, 2.05) is 31.2 Å². The van der Waals surface area contributed by atoms with Crippen LogP contribution in [0.5, 0.6) is 0 Å². The maximum Gasteiger partial charge on any atom is 0.334 e. The minimum absolute atomic E-state index is 0.100. The van der Waals surface area contributed by atoms with Gasteiger partial charge in [0.25, 0.3) is 0 Å². The lowest BCUT2D eigenvalue weighted by Crippen LogP contribution is -2.10. The summed E-state index contributed by atoms with van der Waals surface area (Å²) in [4.78, 5) is 22.8. The normalized spacial score (nSPS) is 10.9. The lowest BCUT2D eigenvalue weighted by atomic mass is 10.1. The number of benzene rings is 1. The van der Waals surface area contributed by atoms with Gasteiger partial charge in [0.1, 0.15) is 0 Å². The Bertz CT molecular complexity index is 457. The molecule has 1 aromatic rings. The van der Waals surface area contributed by atoms with Crippen molar-refractivity contribution in [3.05, 3.63) is 41.0 Å². The fourth-order valence-corrected chi connectivity index (χ4v) is 1.40. The summed E-state index contributed by atoms with van der Waals surface area (Å²) in [6.45, 7) is 1.98. The van der Waals surface area contributed by atoms with Crippen LogP contribution < -0.4 is 0 Å². The maximum absolute atomic E-state index is 11.5. The van der Waals surface area contributed by atoms with Gasteiger partial charge in [-0.2, -0.15) is 0 Å². The molecule has 0 aliphatic heterocycles. The number of hydrogen-bond acceptors (Lipinski definition) is 4. The van der Waals surface area contributed by atoms with Crippen molar-refractivity contribution in [2.45, 2.75) is 13.3 Å². The number of carbonyl (C=O) groups is 2. The van der Waals surface area contributed by atoms with Crippen molar-refractivity contribution in [2.75, 3.05) is 14.2 Å². The van der Waals surface area contributed by atoms with Crippen LogP contribution in [0.3, 0.4) is 0 Å². The van der Waals surface area contributed by atoms with Crippen molar-refractivity contribution in [2.24, 2.45) is 0 Å². The monoisotopic (exact) mass is 248 g/mol. The van der Waals surface area contributed by atoms with Gasteiger partial charge in [-0.05, 0) is 18.6 Å². The first-order valence-electron chi connectivity index (χ1n) is 5.49. The van der Waals surface area contributed by atoms with E-state index in [2.05, 4.69) is 9.47 Å². The lowest BCUT2D eigenvalue weighted by Gasteiger charge is -2.04. The van der Waals surface area contributed by atoms with Crippen LogP contribution in [0.2, 0.25) is 0 Å². The number of rotatable bonds is 4. The molecule has 0 N–H and O–H groups in total. The number of esters is 2. The Kier molecular flexibility index (Phi) is 5.11. The minimum atomic E-state index is -0.527. The number of hydrogen-bond donors (Lipinski definition) is 0. The lowest BCUT2D eigenvalue weighted by molar-refractivity contribution is -0.143. The average Bonchev–Trinajstić information content (AvgIpc) is 2.39. The third-order valence-corrected chi connectivity index (χ3v) is 2.43. The van der Waals surface area contributed by atoms with Crippen LogP contribution in [-0.4, -0.2) is 26.2 Å². The number of ether oxygens (including phenoxy) is 2. The second kappa shape index (κ2) is 6.59. The highest BCUT2D eigenvalue weighted by molar-refractivity contribution is 5.98. The molecule has 0 unspecified atom stereocenters. The van der Waals surface area contributed by atoms with Crippen LogP contribution >= 0.6 is 0 Å². The van der Waals surface area contributed by atoms with Crippen molar-refractivity contribution >= 4 is 18.0 Å². The zero-order valence-corrected chi connectivity index (χ0v) is 10.7. The molecule has 0 heterocycles. The quantitative estimate of drug-likeness (QED) is 0.605. The third-order valence-electron chi connectivity index (χ3n) is 2.43. The van der Waals surface area contributed by atoms with Gasteiger partial charge in [-0.25, -0.2) is 4.79 Å². The van der Waals surface area contributed by atoms with E-state index in [1.54, 1.807) is 6.08 Å².